The summed E-state index contributed by atoms with van der Waals surface area (Å²) < 4.78 is 1.66. The van der Waals surface area contributed by atoms with Gasteiger partial charge in [0, 0.05) is 0 Å². The fraction of sp³-hybridized carbons (Fsp3) is 0.100. The first-order chi connectivity index (χ1) is 10.8. The Morgan fingerprint density at radius 1 is 0.591 bits per heavy atom. The molecule has 0 atom stereocenters. The van der Waals surface area contributed by atoms with Crippen LogP contribution in [-0.4, -0.2) is 19.8 Å². The van der Waals surface area contributed by atoms with E-state index >= 15 is 0 Å². The van der Waals surface area contributed by atoms with Crippen LogP contribution >= 0.6 is 7.92 Å². The van der Waals surface area contributed by atoms with Crippen LogP contribution in [0.5, 0.6) is 0 Å². The van der Waals surface area contributed by atoms with Crippen LogP contribution in [0.2, 0.25) is 9.88 Å². The minimum atomic E-state index is -1.43. The fourth-order valence-corrected chi connectivity index (χ4v) is 10.4. The van der Waals surface area contributed by atoms with Gasteiger partial charge in [0.1, 0.15) is 0 Å². The van der Waals surface area contributed by atoms with Crippen molar-refractivity contribution in [2.45, 2.75) is 9.88 Å². The van der Waals surface area contributed by atoms with Gasteiger partial charge in [0.05, 0.1) is 0 Å². The van der Waals surface area contributed by atoms with Gasteiger partial charge in [0.2, 0.25) is 0 Å². The summed E-state index contributed by atoms with van der Waals surface area (Å²) >= 11 is -1.43. The van der Waals surface area contributed by atoms with Gasteiger partial charge in [-0.2, -0.15) is 0 Å². The van der Waals surface area contributed by atoms with Gasteiger partial charge in [-0.15, -0.1) is 0 Å². The van der Waals surface area contributed by atoms with E-state index in [0.29, 0.717) is 0 Å². The third-order valence-electron chi connectivity index (χ3n) is 3.71. The summed E-state index contributed by atoms with van der Waals surface area (Å²) in [6, 6.07) is 31.1. The topological polar surface area (TPSA) is 0 Å². The van der Waals surface area contributed by atoms with Crippen LogP contribution in [-0.2, 0) is 0 Å². The average Bonchev–Trinajstić information content (AvgIpc) is 2.57. The molecule has 0 aliphatic carbocycles. The van der Waals surface area contributed by atoms with Crippen molar-refractivity contribution in [2.75, 3.05) is 0 Å². The molecule has 0 bridgehead atoms. The van der Waals surface area contributed by atoms with Gasteiger partial charge in [-0.3, -0.25) is 0 Å². The second-order valence-electron chi connectivity index (χ2n) is 5.52. The fourth-order valence-electron chi connectivity index (χ4n) is 2.67. The van der Waals surface area contributed by atoms with Crippen molar-refractivity contribution < 1.29 is 0 Å². The molecule has 0 saturated carbocycles. The normalized spacial score (nSPS) is 11.1. The third-order valence-corrected chi connectivity index (χ3v) is 11.1. The van der Waals surface area contributed by atoms with E-state index < -0.39 is 27.7 Å². The number of hydrogen-bond donors (Lipinski definition) is 0. The summed E-state index contributed by atoms with van der Waals surface area (Å²) in [5, 5.41) is 4.45. The molecular weight excluding hydrogens is 390 g/mol. The number of benzene rings is 3. The Bertz CT molecular complexity index is 683. The quantitative estimate of drug-likeness (QED) is 0.457. The molecule has 0 heterocycles. The molecule has 0 saturated heterocycles. The molecule has 0 amide bonds. The summed E-state index contributed by atoms with van der Waals surface area (Å²) in [4.78, 5) is 4.95. The van der Waals surface area contributed by atoms with Crippen LogP contribution < -0.4 is 19.5 Å². The first-order valence-electron chi connectivity index (χ1n) is 7.57. The molecule has 3 aromatic carbocycles. The Labute approximate surface area is 141 Å². The number of hydrogen-bond acceptors (Lipinski definition) is 0. The Morgan fingerprint density at radius 3 is 1.55 bits per heavy atom. The molecule has 0 aromatic heterocycles. The molecule has 2 heteroatoms. The van der Waals surface area contributed by atoms with Gasteiger partial charge in [0.15, 0.2) is 0 Å². The van der Waals surface area contributed by atoms with Crippen LogP contribution in [0.3, 0.4) is 0 Å². The summed E-state index contributed by atoms with van der Waals surface area (Å²) in [6.07, 6.45) is 0. The second-order valence-corrected chi connectivity index (χ2v) is 15.0. The summed E-state index contributed by atoms with van der Waals surface area (Å²) in [5.74, 6) is 0. The molecule has 3 aromatic rings. The van der Waals surface area contributed by atoms with Crippen molar-refractivity contribution in [3.05, 3.63) is 84.9 Å². The minimum absolute atomic E-state index is 0.450. The SMILES string of the molecule is [CH3][Sn]([CH3])[c]1ccccc1P(c1ccccc1)c1ccccc1. The van der Waals surface area contributed by atoms with E-state index in [4.69, 9.17) is 0 Å². The predicted molar refractivity (Wildman–Crippen MR) is 102 cm³/mol. The Balaban J connectivity index is 2.19. The molecule has 0 fully saturated rings. The van der Waals surface area contributed by atoms with E-state index in [-0.39, 0.29) is 0 Å². The van der Waals surface area contributed by atoms with Crippen molar-refractivity contribution in [3.8, 4) is 0 Å². The van der Waals surface area contributed by atoms with Crippen LogP contribution in [0.15, 0.2) is 84.9 Å². The molecule has 1 radical (unpaired) electrons. The molecule has 3 rings (SSSR count). The zero-order valence-corrected chi connectivity index (χ0v) is 16.8. The second kappa shape index (κ2) is 7.44. The van der Waals surface area contributed by atoms with E-state index in [0.717, 1.165) is 0 Å². The average molecular weight is 410 g/mol. The Kier molecular flexibility index (Phi) is 5.33. The summed E-state index contributed by atoms with van der Waals surface area (Å²) in [6.45, 7) is 0. The first kappa shape index (κ1) is 15.8. The van der Waals surface area contributed by atoms with E-state index in [2.05, 4.69) is 94.8 Å². The summed E-state index contributed by atoms with van der Waals surface area (Å²) in [7, 11) is -0.450. The molecule has 0 unspecified atom stereocenters. The molecule has 0 aliphatic heterocycles. The maximum atomic E-state index is 2.48. The standard InChI is InChI=1S/C18H14P.2CH3.Sn/c1-4-10-16(11-5-1)19(17-12-6-2-7-13-17)18-14-8-3-9-15-18;;;/h1-14H;2*1H3;. The van der Waals surface area contributed by atoms with Crippen molar-refractivity contribution in [2.24, 2.45) is 0 Å². The Morgan fingerprint density at radius 2 is 1.05 bits per heavy atom. The van der Waals surface area contributed by atoms with Gasteiger partial charge >= 0.3 is 142 Å². The van der Waals surface area contributed by atoms with E-state index in [1.165, 1.54) is 10.6 Å². The molecule has 109 valence electrons. The summed E-state index contributed by atoms with van der Waals surface area (Å²) in [5.41, 5.74) is 0. The van der Waals surface area contributed by atoms with Crippen LogP contribution in [0.25, 0.3) is 0 Å². The molecule has 22 heavy (non-hydrogen) atoms. The van der Waals surface area contributed by atoms with Gasteiger partial charge < -0.3 is 0 Å². The molecule has 0 nitrogen and oxygen atoms in total. The van der Waals surface area contributed by atoms with E-state index in [9.17, 15) is 0 Å². The zero-order chi connectivity index (χ0) is 15.4. The Hall–Kier alpha value is -1.11. The van der Waals surface area contributed by atoms with Crippen LogP contribution in [0.4, 0.5) is 0 Å². The molecule has 0 N–H and O–H groups in total. The van der Waals surface area contributed by atoms with E-state index in [1.807, 2.05) is 0 Å². The number of rotatable bonds is 4. The first-order valence-corrected chi connectivity index (χ1v) is 16.0. The monoisotopic (exact) mass is 411 g/mol. The van der Waals surface area contributed by atoms with Gasteiger partial charge in [0.25, 0.3) is 0 Å². The third kappa shape index (κ3) is 3.44. The van der Waals surface area contributed by atoms with Gasteiger partial charge in [-0.25, -0.2) is 0 Å². The maximum absolute atomic E-state index is 2.48. The van der Waals surface area contributed by atoms with Crippen molar-refractivity contribution in [1.29, 1.82) is 0 Å². The van der Waals surface area contributed by atoms with Gasteiger partial charge in [-0.1, -0.05) is 0 Å². The van der Waals surface area contributed by atoms with Crippen molar-refractivity contribution >= 4 is 47.2 Å². The molecule has 0 spiro atoms. The van der Waals surface area contributed by atoms with Gasteiger partial charge in [-0.05, 0) is 0 Å². The molecular formula is C20H20PSn. The molecule has 0 aliphatic rings. The zero-order valence-electron chi connectivity index (χ0n) is 13.0. The van der Waals surface area contributed by atoms with Crippen molar-refractivity contribution in [1.82, 2.24) is 0 Å². The van der Waals surface area contributed by atoms with Crippen LogP contribution in [0.1, 0.15) is 0 Å². The van der Waals surface area contributed by atoms with Crippen molar-refractivity contribution in [3.63, 3.8) is 0 Å². The predicted octanol–water partition coefficient (Wildman–Crippen LogP) is 3.41. The van der Waals surface area contributed by atoms with Crippen LogP contribution in [0, 0.1) is 0 Å². The van der Waals surface area contributed by atoms with E-state index in [1.54, 1.807) is 8.88 Å².